The van der Waals surface area contributed by atoms with E-state index in [9.17, 15) is 0 Å². The summed E-state index contributed by atoms with van der Waals surface area (Å²) in [5.74, 6) is 1.85. The minimum Gasteiger partial charge on any atom is -0.494 e. The van der Waals surface area contributed by atoms with Gasteiger partial charge in [0.1, 0.15) is 11.5 Å². The van der Waals surface area contributed by atoms with Gasteiger partial charge < -0.3 is 14.5 Å². The lowest BCUT2D eigenvalue weighted by atomic mass is 10.00. The number of hydrogen-bond acceptors (Lipinski definition) is 3. The lowest BCUT2D eigenvalue weighted by Gasteiger charge is -2.20. The van der Waals surface area contributed by atoms with Crippen LogP contribution in [0.15, 0.2) is 41.0 Å². The number of rotatable bonds is 6. The Kier molecular flexibility index (Phi) is 4.63. The first-order chi connectivity index (χ1) is 9.26. The predicted octanol–water partition coefficient (Wildman–Crippen LogP) is 3.69. The fraction of sp³-hybridized carbons (Fsp3) is 0.375. The molecule has 1 unspecified atom stereocenters. The number of hydrogen-bond donors (Lipinski definition) is 1. The second-order valence-electron chi connectivity index (χ2n) is 4.45. The summed E-state index contributed by atoms with van der Waals surface area (Å²) >= 11 is 0. The molecule has 102 valence electrons. The Labute approximate surface area is 114 Å². The minimum absolute atomic E-state index is 0.102. The summed E-state index contributed by atoms with van der Waals surface area (Å²) in [5, 5.41) is 3.49. The Balaban J connectivity index is 2.38. The molecular weight excluding hydrogens is 238 g/mol. The number of furan rings is 1. The maximum absolute atomic E-state index is 5.72. The van der Waals surface area contributed by atoms with E-state index in [0.717, 1.165) is 29.2 Å². The number of benzene rings is 1. The van der Waals surface area contributed by atoms with Gasteiger partial charge in [-0.15, -0.1) is 0 Å². The zero-order chi connectivity index (χ0) is 13.7. The zero-order valence-electron chi connectivity index (χ0n) is 11.8. The van der Waals surface area contributed by atoms with Crippen molar-refractivity contribution in [3.05, 3.63) is 53.5 Å². The Morgan fingerprint density at radius 2 is 2.05 bits per heavy atom. The summed E-state index contributed by atoms with van der Waals surface area (Å²) in [6.45, 7) is 7.61. The van der Waals surface area contributed by atoms with Gasteiger partial charge in [-0.25, -0.2) is 0 Å². The van der Waals surface area contributed by atoms with Crippen LogP contribution in [0, 0.1) is 6.92 Å². The molecule has 3 heteroatoms. The van der Waals surface area contributed by atoms with Gasteiger partial charge in [0.05, 0.1) is 18.9 Å². The smallest absolute Gasteiger partial charge is 0.124 e. The predicted molar refractivity (Wildman–Crippen MR) is 76.6 cm³/mol. The first kappa shape index (κ1) is 13.7. The molecule has 0 radical (unpaired) electrons. The molecule has 0 amide bonds. The first-order valence-electron chi connectivity index (χ1n) is 6.76. The highest BCUT2D eigenvalue weighted by Gasteiger charge is 2.18. The molecular formula is C16H21NO2. The monoisotopic (exact) mass is 259 g/mol. The lowest BCUT2D eigenvalue weighted by Crippen LogP contribution is -2.22. The minimum atomic E-state index is 0.102. The standard InChI is InChI=1S/C16H21NO2/c1-4-17-16(13-10-12(3)19-11-13)14-8-6-7-9-15(14)18-5-2/h6-11,16-17H,4-5H2,1-3H3. The van der Waals surface area contributed by atoms with Crippen LogP contribution in [-0.4, -0.2) is 13.2 Å². The molecule has 19 heavy (non-hydrogen) atoms. The molecule has 1 heterocycles. The van der Waals surface area contributed by atoms with Crippen LogP contribution in [0.1, 0.15) is 36.8 Å². The summed E-state index contributed by atoms with van der Waals surface area (Å²) in [5.41, 5.74) is 2.28. The molecule has 2 rings (SSSR count). The van der Waals surface area contributed by atoms with Crippen LogP contribution < -0.4 is 10.1 Å². The van der Waals surface area contributed by atoms with Crippen LogP contribution in [0.25, 0.3) is 0 Å². The van der Waals surface area contributed by atoms with Crippen LogP contribution >= 0.6 is 0 Å². The molecule has 1 atom stereocenters. The van der Waals surface area contributed by atoms with Crippen molar-refractivity contribution in [1.29, 1.82) is 0 Å². The maximum atomic E-state index is 5.72. The third-order valence-corrected chi connectivity index (χ3v) is 3.02. The van der Waals surface area contributed by atoms with E-state index in [1.54, 1.807) is 0 Å². The van der Waals surface area contributed by atoms with Crippen molar-refractivity contribution >= 4 is 0 Å². The van der Waals surface area contributed by atoms with Crippen molar-refractivity contribution in [2.24, 2.45) is 0 Å². The van der Waals surface area contributed by atoms with Gasteiger partial charge >= 0.3 is 0 Å². The van der Waals surface area contributed by atoms with E-state index in [1.807, 2.05) is 38.3 Å². The molecule has 2 aromatic rings. The van der Waals surface area contributed by atoms with Crippen LogP contribution in [0.4, 0.5) is 0 Å². The topological polar surface area (TPSA) is 34.4 Å². The fourth-order valence-corrected chi connectivity index (χ4v) is 2.23. The van der Waals surface area contributed by atoms with Crippen LogP contribution in [0.2, 0.25) is 0 Å². The Morgan fingerprint density at radius 1 is 1.26 bits per heavy atom. The molecule has 0 fully saturated rings. The van der Waals surface area contributed by atoms with E-state index in [1.165, 1.54) is 0 Å². The van der Waals surface area contributed by atoms with E-state index in [2.05, 4.69) is 24.4 Å². The van der Waals surface area contributed by atoms with Gasteiger partial charge in [-0.05, 0) is 32.5 Å². The van der Waals surface area contributed by atoms with Gasteiger partial charge in [0.15, 0.2) is 0 Å². The molecule has 0 saturated carbocycles. The molecule has 1 aromatic carbocycles. The van der Waals surface area contributed by atoms with Crippen molar-refractivity contribution in [1.82, 2.24) is 5.32 Å². The van der Waals surface area contributed by atoms with Gasteiger partial charge in [0.25, 0.3) is 0 Å². The summed E-state index contributed by atoms with van der Waals surface area (Å²) in [7, 11) is 0. The summed E-state index contributed by atoms with van der Waals surface area (Å²) in [6, 6.07) is 10.3. The third kappa shape index (κ3) is 3.18. The average molecular weight is 259 g/mol. The van der Waals surface area contributed by atoms with Gasteiger partial charge in [-0.3, -0.25) is 0 Å². The summed E-state index contributed by atoms with van der Waals surface area (Å²) in [4.78, 5) is 0. The van der Waals surface area contributed by atoms with Gasteiger partial charge in [-0.2, -0.15) is 0 Å². The molecule has 1 aromatic heterocycles. The highest BCUT2D eigenvalue weighted by Crippen LogP contribution is 2.30. The van der Waals surface area contributed by atoms with Crippen molar-refractivity contribution in [3.8, 4) is 5.75 Å². The SMILES string of the molecule is CCNC(c1coc(C)c1)c1ccccc1OCC. The van der Waals surface area contributed by atoms with Crippen molar-refractivity contribution < 1.29 is 9.15 Å². The molecule has 0 aliphatic heterocycles. The van der Waals surface area contributed by atoms with Gasteiger partial charge in [-0.1, -0.05) is 25.1 Å². The average Bonchev–Trinajstić information content (AvgIpc) is 2.84. The van der Waals surface area contributed by atoms with E-state index in [4.69, 9.17) is 9.15 Å². The highest BCUT2D eigenvalue weighted by atomic mass is 16.5. The molecule has 1 N–H and O–H groups in total. The van der Waals surface area contributed by atoms with Gasteiger partial charge in [0, 0.05) is 11.1 Å². The Hall–Kier alpha value is -1.74. The van der Waals surface area contributed by atoms with Crippen molar-refractivity contribution in [3.63, 3.8) is 0 Å². The molecule has 3 nitrogen and oxygen atoms in total. The maximum Gasteiger partial charge on any atom is 0.124 e. The Morgan fingerprint density at radius 3 is 2.68 bits per heavy atom. The molecule has 0 bridgehead atoms. The molecule has 0 aliphatic carbocycles. The van der Waals surface area contributed by atoms with E-state index in [0.29, 0.717) is 6.61 Å². The second kappa shape index (κ2) is 6.43. The number of para-hydroxylation sites is 1. The van der Waals surface area contributed by atoms with Gasteiger partial charge in [0.2, 0.25) is 0 Å². The number of nitrogens with one attached hydrogen (secondary N) is 1. The van der Waals surface area contributed by atoms with Crippen LogP contribution in [-0.2, 0) is 0 Å². The molecule has 0 spiro atoms. The van der Waals surface area contributed by atoms with E-state index in [-0.39, 0.29) is 6.04 Å². The first-order valence-corrected chi connectivity index (χ1v) is 6.76. The summed E-state index contributed by atoms with van der Waals surface area (Å²) < 4.78 is 11.2. The van der Waals surface area contributed by atoms with E-state index < -0.39 is 0 Å². The third-order valence-electron chi connectivity index (χ3n) is 3.02. The summed E-state index contributed by atoms with van der Waals surface area (Å²) in [6.07, 6.45) is 1.81. The number of ether oxygens (including phenoxy) is 1. The van der Waals surface area contributed by atoms with E-state index >= 15 is 0 Å². The number of aryl methyl sites for hydroxylation is 1. The van der Waals surface area contributed by atoms with Crippen molar-refractivity contribution in [2.75, 3.05) is 13.2 Å². The normalized spacial score (nSPS) is 12.4. The lowest BCUT2D eigenvalue weighted by molar-refractivity contribution is 0.333. The van der Waals surface area contributed by atoms with Crippen LogP contribution in [0.5, 0.6) is 5.75 Å². The quantitative estimate of drug-likeness (QED) is 0.859. The van der Waals surface area contributed by atoms with Crippen LogP contribution in [0.3, 0.4) is 0 Å². The Bertz CT molecular complexity index is 519. The second-order valence-corrected chi connectivity index (χ2v) is 4.45. The highest BCUT2D eigenvalue weighted by molar-refractivity contribution is 5.41. The largest absolute Gasteiger partial charge is 0.494 e. The fourth-order valence-electron chi connectivity index (χ4n) is 2.23. The molecule has 0 saturated heterocycles. The molecule has 0 aliphatic rings. The van der Waals surface area contributed by atoms with Crippen molar-refractivity contribution in [2.45, 2.75) is 26.8 Å². The zero-order valence-corrected chi connectivity index (χ0v) is 11.8.